The van der Waals surface area contributed by atoms with Gasteiger partial charge in [0.1, 0.15) is 0 Å². The van der Waals surface area contributed by atoms with Crippen LogP contribution in [0.4, 0.5) is 5.69 Å². The van der Waals surface area contributed by atoms with Crippen molar-refractivity contribution in [2.45, 2.75) is 58.3 Å². The van der Waals surface area contributed by atoms with Crippen LogP contribution < -0.4 is 10.6 Å². The van der Waals surface area contributed by atoms with Gasteiger partial charge in [0.2, 0.25) is 5.91 Å². The van der Waals surface area contributed by atoms with E-state index in [-0.39, 0.29) is 5.91 Å². The molecule has 118 valence electrons. The van der Waals surface area contributed by atoms with Crippen molar-refractivity contribution in [3.63, 3.8) is 0 Å². The van der Waals surface area contributed by atoms with E-state index in [1.54, 1.807) is 4.90 Å². The Morgan fingerprint density at radius 2 is 1.71 bits per heavy atom. The van der Waals surface area contributed by atoms with Gasteiger partial charge in [0.25, 0.3) is 0 Å². The van der Waals surface area contributed by atoms with Crippen LogP contribution in [0, 0.1) is 0 Å². The van der Waals surface area contributed by atoms with Gasteiger partial charge in [-0.3, -0.25) is 4.79 Å². The summed E-state index contributed by atoms with van der Waals surface area (Å²) in [5.74, 6) is 0.198. The average Bonchev–Trinajstić information content (AvgIpc) is 2.52. The molecular weight excluding hydrogens is 260 g/mol. The third kappa shape index (κ3) is 6.76. The van der Waals surface area contributed by atoms with Gasteiger partial charge in [0.05, 0.1) is 0 Å². The highest BCUT2D eigenvalue weighted by molar-refractivity contribution is 5.92. The molecule has 1 aromatic carbocycles. The van der Waals surface area contributed by atoms with Crippen LogP contribution in [0.1, 0.15) is 57.4 Å². The summed E-state index contributed by atoms with van der Waals surface area (Å²) in [6.45, 7) is 2.95. The molecule has 0 atom stereocenters. The topological polar surface area (TPSA) is 46.3 Å². The number of carbonyl (C=O) groups is 1. The lowest BCUT2D eigenvalue weighted by molar-refractivity contribution is -0.118. The number of anilines is 1. The summed E-state index contributed by atoms with van der Waals surface area (Å²) in [6.07, 6.45) is 8.41. The van der Waals surface area contributed by atoms with Crippen LogP contribution in [-0.2, 0) is 11.2 Å². The van der Waals surface area contributed by atoms with Gasteiger partial charge >= 0.3 is 0 Å². The number of unbranched alkanes of at least 4 members (excludes halogenated alkanes) is 4. The summed E-state index contributed by atoms with van der Waals surface area (Å²) in [5, 5.41) is 0. The SMILES string of the molecule is CCCCc1ccc(N(C)C(=O)CCCCCCN)cc1. The number of aryl methyl sites for hydroxylation is 1. The summed E-state index contributed by atoms with van der Waals surface area (Å²) < 4.78 is 0. The number of hydrogen-bond donors (Lipinski definition) is 1. The van der Waals surface area contributed by atoms with Gasteiger partial charge in [-0.15, -0.1) is 0 Å². The molecule has 0 saturated heterocycles. The first-order valence-electron chi connectivity index (χ1n) is 8.24. The predicted octanol–water partition coefficient (Wildman–Crippen LogP) is 3.90. The standard InChI is InChI=1S/C18H30N2O/c1-3-4-9-16-11-13-17(14-12-16)20(2)18(21)10-7-5-6-8-15-19/h11-14H,3-10,15,19H2,1-2H3. The van der Waals surface area contributed by atoms with E-state index < -0.39 is 0 Å². The van der Waals surface area contributed by atoms with E-state index in [2.05, 4.69) is 31.2 Å². The Kier molecular flexibility index (Phi) is 8.76. The van der Waals surface area contributed by atoms with E-state index in [1.165, 1.54) is 18.4 Å². The maximum atomic E-state index is 12.1. The van der Waals surface area contributed by atoms with Crippen molar-refractivity contribution in [3.05, 3.63) is 29.8 Å². The first-order chi connectivity index (χ1) is 10.2. The van der Waals surface area contributed by atoms with E-state index in [1.807, 2.05) is 7.05 Å². The fourth-order valence-corrected chi connectivity index (χ4v) is 2.35. The second-order valence-electron chi connectivity index (χ2n) is 5.68. The van der Waals surface area contributed by atoms with Crippen LogP contribution in [0.15, 0.2) is 24.3 Å². The Hall–Kier alpha value is -1.35. The number of carbonyl (C=O) groups excluding carboxylic acids is 1. The molecule has 0 fully saturated rings. The Morgan fingerprint density at radius 3 is 2.33 bits per heavy atom. The zero-order valence-electron chi connectivity index (χ0n) is 13.6. The number of amides is 1. The highest BCUT2D eigenvalue weighted by atomic mass is 16.2. The molecule has 0 aliphatic rings. The molecular formula is C18H30N2O. The number of benzene rings is 1. The van der Waals surface area contributed by atoms with Crippen molar-refractivity contribution in [1.82, 2.24) is 0 Å². The summed E-state index contributed by atoms with van der Waals surface area (Å²) in [4.78, 5) is 13.9. The summed E-state index contributed by atoms with van der Waals surface area (Å²) >= 11 is 0. The van der Waals surface area contributed by atoms with Crippen molar-refractivity contribution in [3.8, 4) is 0 Å². The minimum Gasteiger partial charge on any atom is -0.330 e. The maximum Gasteiger partial charge on any atom is 0.226 e. The van der Waals surface area contributed by atoms with Crippen LogP contribution in [0.25, 0.3) is 0 Å². The Bertz CT molecular complexity index is 400. The fraction of sp³-hybridized carbons (Fsp3) is 0.611. The lowest BCUT2D eigenvalue weighted by Crippen LogP contribution is -2.25. The summed E-state index contributed by atoms with van der Waals surface area (Å²) in [5.41, 5.74) is 7.80. The molecule has 0 radical (unpaired) electrons. The summed E-state index contributed by atoms with van der Waals surface area (Å²) in [7, 11) is 1.86. The molecule has 0 spiro atoms. The van der Waals surface area contributed by atoms with Crippen molar-refractivity contribution < 1.29 is 4.79 Å². The average molecular weight is 290 g/mol. The molecule has 0 unspecified atom stereocenters. The van der Waals surface area contributed by atoms with Crippen LogP contribution in [0.2, 0.25) is 0 Å². The van der Waals surface area contributed by atoms with Gasteiger partial charge in [-0.1, -0.05) is 38.3 Å². The number of rotatable bonds is 10. The molecule has 0 aliphatic carbocycles. The van der Waals surface area contributed by atoms with Crippen molar-refractivity contribution in [1.29, 1.82) is 0 Å². The highest BCUT2D eigenvalue weighted by Gasteiger charge is 2.10. The van der Waals surface area contributed by atoms with Crippen molar-refractivity contribution >= 4 is 11.6 Å². The predicted molar refractivity (Wildman–Crippen MR) is 90.6 cm³/mol. The maximum absolute atomic E-state index is 12.1. The molecule has 0 saturated carbocycles. The smallest absolute Gasteiger partial charge is 0.226 e. The molecule has 3 heteroatoms. The Morgan fingerprint density at radius 1 is 1.05 bits per heavy atom. The fourth-order valence-electron chi connectivity index (χ4n) is 2.35. The number of nitrogens with zero attached hydrogens (tertiary/aromatic N) is 1. The lowest BCUT2D eigenvalue weighted by Gasteiger charge is -2.17. The van der Waals surface area contributed by atoms with Crippen LogP contribution in [0.5, 0.6) is 0 Å². The van der Waals surface area contributed by atoms with E-state index in [0.717, 1.165) is 44.3 Å². The normalized spacial score (nSPS) is 10.6. The van der Waals surface area contributed by atoms with Crippen molar-refractivity contribution in [2.24, 2.45) is 5.73 Å². The monoisotopic (exact) mass is 290 g/mol. The molecule has 21 heavy (non-hydrogen) atoms. The van der Waals surface area contributed by atoms with E-state index >= 15 is 0 Å². The minimum atomic E-state index is 0.198. The van der Waals surface area contributed by atoms with Gasteiger partial charge in [-0.2, -0.15) is 0 Å². The molecule has 0 aliphatic heterocycles. The van der Waals surface area contributed by atoms with Gasteiger partial charge in [0, 0.05) is 19.2 Å². The second kappa shape index (κ2) is 10.4. The third-order valence-electron chi connectivity index (χ3n) is 3.86. The van der Waals surface area contributed by atoms with Crippen LogP contribution in [-0.4, -0.2) is 19.5 Å². The Balaban J connectivity index is 2.39. The summed E-state index contributed by atoms with van der Waals surface area (Å²) in [6, 6.07) is 8.38. The second-order valence-corrected chi connectivity index (χ2v) is 5.68. The molecule has 1 amide bonds. The van der Waals surface area contributed by atoms with Crippen molar-refractivity contribution in [2.75, 3.05) is 18.5 Å². The number of nitrogens with two attached hydrogens (primary N) is 1. The van der Waals surface area contributed by atoms with Gasteiger partial charge in [0.15, 0.2) is 0 Å². The molecule has 0 bridgehead atoms. The first-order valence-corrected chi connectivity index (χ1v) is 8.24. The van der Waals surface area contributed by atoms with Crippen LogP contribution in [0.3, 0.4) is 0 Å². The van der Waals surface area contributed by atoms with Gasteiger partial charge in [-0.05, 0) is 49.9 Å². The van der Waals surface area contributed by atoms with E-state index in [0.29, 0.717) is 6.42 Å². The van der Waals surface area contributed by atoms with Crippen LogP contribution >= 0.6 is 0 Å². The quantitative estimate of drug-likeness (QED) is 0.664. The minimum absolute atomic E-state index is 0.198. The highest BCUT2D eigenvalue weighted by Crippen LogP contribution is 2.17. The van der Waals surface area contributed by atoms with Gasteiger partial charge in [-0.25, -0.2) is 0 Å². The number of hydrogen-bond acceptors (Lipinski definition) is 2. The first kappa shape index (κ1) is 17.7. The Labute approximate surface area is 129 Å². The lowest BCUT2D eigenvalue weighted by atomic mass is 10.1. The zero-order chi connectivity index (χ0) is 15.5. The van der Waals surface area contributed by atoms with E-state index in [4.69, 9.17) is 5.73 Å². The largest absolute Gasteiger partial charge is 0.330 e. The third-order valence-corrected chi connectivity index (χ3v) is 3.86. The molecule has 1 rings (SSSR count). The molecule has 0 aromatic heterocycles. The zero-order valence-corrected chi connectivity index (χ0v) is 13.6. The molecule has 0 heterocycles. The molecule has 2 N–H and O–H groups in total. The van der Waals surface area contributed by atoms with E-state index in [9.17, 15) is 4.79 Å². The molecule has 3 nitrogen and oxygen atoms in total. The molecule has 1 aromatic rings. The van der Waals surface area contributed by atoms with Gasteiger partial charge < -0.3 is 10.6 Å².